The van der Waals surface area contributed by atoms with Gasteiger partial charge in [0.25, 0.3) is 0 Å². The average Bonchev–Trinajstić information content (AvgIpc) is 3.05. The molecule has 2 N–H and O–H groups in total. The molecule has 0 saturated carbocycles. The van der Waals surface area contributed by atoms with Gasteiger partial charge in [-0.05, 0) is 129 Å². The average molecular weight is 571 g/mol. The second-order valence-electron chi connectivity index (χ2n) is 13.2. The first-order valence-corrected chi connectivity index (χ1v) is 15.3. The van der Waals surface area contributed by atoms with E-state index in [2.05, 4.69) is 124 Å². The summed E-state index contributed by atoms with van der Waals surface area (Å²) >= 11 is 0. The smallest absolute Gasteiger partial charge is 0.0682 e. The monoisotopic (exact) mass is 570 g/mol. The highest BCUT2D eigenvalue weighted by atomic mass is 16.3. The van der Waals surface area contributed by atoms with Gasteiger partial charge >= 0.3 is 0 Å². The molecule has 0 amide bonds. The molecule has 2 nitrogen and oxygen atoms in total. The summed E-state index contributed by atoms with van der Waals surface area (Å²) in [7, 11) is 0. The van der Waals surface area contributed by atoms with Crippen LogP contribution in [0, 0.1) is 0 Å². The maximum atomic E-state index is 9.66. The summed E-state index contributed by atoms with van der Waals surface area (Å²) in [6.07, 6.45) is 0. The fourth-order valence-corrected chi connectivity index (χ4v) is 6.95. The number of benzene rings is 8. The minimum Gasteiger partial charge on any atom is -0.392 e. The van der Waals surface area contributed by atoms with E-state index in [1.165, 1.54) is 60.1 Å². The fourth-order valence-electron chi connectivity index (χ4n) is 6.95. The van der Waals surface area contributed by atoms with Crippen LogP contribution in [0.5, 0.6) is 0 Å². The van der Waals surface area contributed by atoms with Gasteiger partial charge in [0.2, 0.25) is 0 Å². The third kappa shape index (κ3) is 4.25. The van der Waals surface area contributed by atoms with E-state index in [9.17, 15) is 10.2 Å². The van der Waals surface area contributed by atoms with Gasteiger partial charge in [-0.3, -0.25) is 0 Å². The zero-order valence-corrected chi connectivity index (χ0v) is 25.3. The van der Waals surface area contributed by atoms with Crippen LogP contribution in [0.4, 0.5) is 0 Å². The summed E-state index contributed by atoms with van der Waals surface area (Å²) in [6, 6.07) is 42.0. The van der Waals surface area contributed by atoms with Gasteiger partial charge in [0.15, 0.2) is 0 Å². The lowest BCUT2D eigenvalue weighted by atomic mass is 9.81. The first kappa shape index (κ1) is 26.8. The zero-order chi connectivity index (χ0) is 30.2. The molecule has 44 heavy (non-hydrogen) atoms. The number of hydrogen-bond acceptors (Lipinski definition) is 2. The van der Waals surface area contributed by atoms with Crippen molar-refractivity contribution in [2.24, 2.45) is 0 Å². The zero-order valence-electron chi connectivity index (χ0n) is 25.3. The first-order valence-electron chi connectivity index (χ1n) is 15.3. The lowest BCUT2D eigenvalue weighted by Crippen LogP contribution is -2.10. The lowest BCUT2D eigenvalue weighted by molar-refractivity contribution is 0.282. The van der Waals surface area contributed by atoms with Crippen molar-refractivity contribution in [3.8, 4) is 22.3 Å². The highest BCUT2D eigenvalue weighted by Crippen LogP contribution is 2.45. The van der Waals surface area contributed by atoms with Crippen molar-refractivity contribution in [3.05, 3.63) is 132 Å². The highest BCUT2D eigenvalue weighted by Gasteiger charge is 2.20. The fraction of sp³-hybridized carbons (Fsp3) is 0.143. The van der Waals surface area contributed by atoms with Crippen LogP contribution in [0.1, 0.15) is 37.5 Å². The topological polar surface area (TPSA) is 40.5 Å². The van der Waals surface area contributed by atoms with Gasteiger partial charge in [-0.15, -0.1) is 0 Å². The maximum Gasteiger partial charge on any atom is 0.0682 e. The Kier molecular flexibility index (Phi) is 6.03. The molecule has 0 fully saturated rings. The van der Waals surface area contributed by atoms with Crippen molar-refractivity contribution in [2.45, 2.75) is 39.4 Å². The lowest BCUT2D eigenvalue weighted by Gasteiger charge is -2.23. The number of hydrogen-bond donors (Lipinski definition) is 2. The number of aliphatic hydroxyl groups excluding tert-OH is 2. The number of fused-ring (bicyclic) bond motifs is 2. The summed E-state index contributed by atoms with van der Waals surface area (Å²) < 4.78 is 0. The second-order valence-corrected chi connectivity index (χ2v) is 13.2. The van der Waals surface area contributed by atoms with Crippen molar-refractivity contribution >= 4 is 53.9 Å². The van der Waals surface area contributed by atoms with E-state index >= 15 is 0 Å². The van der Waals surface area contributed by atoms with Crippen LogP contribution in [-0.2, 0) is 18.6 Å². The number of rotatable bonds is 4. The SMILES string of the molecule is CC(C)(C)c1cc2ccc3c(-c4ccc5cc(CO)ccc5c4)cc(-c4ccc5cc(CO)ccc5c4)c4ccc(c1)c2c34. The number of aliphatic hydroxyl groups is 2. The molecule has 0 aliphatic carbocycles. The molecule has 2 heteroatoms. The van der Waals surface area contributed by atoms with Crippen molar-refractivity contribution < 1.29 is 10.2 Å². The molecule has 0 unspecified atom stereocenters. The summed E-state index contributed by atoms with van der Waals surface area (Å²) in [5.41, 5.74) is 8.03. The maximum absolute atomic E-state index is 9.66. The van der Waals surface area contributed by atoms with Crippen molar-refractivity contribution in [1.29, 1.82) is 0 Å². The Morgan fingerprint density at radius 1 is 0.432 bits per heavy atom. The van der Waals surface area contributed by atoms with Crippen LogP contribution in [-0.4, -0.2) is 10.2 Å². The molecule has 0 spiro atoms. The normalized spacial score (nSPS) is 12.4. The summed E-state index contributed by atoms with van der Waals surface area (Å²) in [5, 5.41) is 31.6. The van der Waals surface area contributed by atoms with Crippen molar-refractivity contribution in [1.82, 2.24) is 0 Å². The van der Waals surface area contributed by atoms with Gasteiger partial charge in [0.05, 0.1) is 13.2 Å². The molecule has 214 valence electrons. The van der Waals surface area contributed by atoms with Crippen LogP contribution >= 0.6 is 0 Å². The Morgan fingerprint density at radius 2 is 0.864 bits per heavy atom. The molecule has 8 aromatic rings. The van der Waals surface area contributed by atoms with Crippen LogP contribution in [0.2, 0.25) is 0 Å². The molecule has 0 bridgehead atoms. The molecule has 8 aromatic carbocycles. The van der Waals surface area contributed by atoms with Crippen molar-refractivity contribution in [2.75, 3.05) is 0 Å². The predicted octanol–water partition coefficient (Wildman–Crippen LogP) is 10.5. The van der Waals surface area contributed by atoms with Crippen LogP contribution in [0.3, 0.4) is 0 Å². The molecule has 0 heterocycles. The molecular formula is C42H34O2. The molecule has 0 aromatic heterocycles. The minimum absolute atomic E-state index is 0.0417. The Morgan fingerprint density at radius 3 is 1.32 bits per heavy atom. The summed E-state index contributed by atoms with van der Waals surface area (Å²) in [6.45, 7) is 6.92. The molecule has 8 rings (SSSR count). The van der Waals surface area contributed by atoms with E-state index in [4.69, 9.17) is 0 Å². The van der Waals surface area contributed by atoms with Gasteiger partial charge in [-0.25, -0.2) is 0 Å². The Bertz CT molecular complexity index is 2240. The third-order valence-electron chi connectivity index (χ3n) is 9.38. The van der Waals surface area contributed by atoms with E-state index in [1.807, 2.05) is 12.1 Å². The van der Waals surface area contributed by atoms with Gasteiger partial charge in [-0.2, -0.15) is 0 Å². The predicted molar refractivity (Wildman–Crippen MR) is 187 cm³/mol. The van der Waals surface area contributed by atoms with Gasteiger partial charge in [0.1, 0.15) is 0 Å². The molecule has 0 aliphatic heterocycles. The van der Waals surface area contributed by atoms with Crippen LogP contribution < -0.4 is 0 Å². The van der Waals surface area contributed by atoms with Gasteiger partial charge in [0, 0.05) is 0 Å². The van der Waals surface area contributed by atoms with Gasteiger partial charge < -0.3 is 10.2 Å². The van der Waals surface area contributed by atoms with E-state index in [0.29, 0.717) is 0 Å². The quantitative estimate of drug-likeness (QED) is 0.207. The molecule has 0 aliphatic rings. The van der Waals surface area contributed by atoms with Crippen molar-refractivity contribution in [3.63, 3.8) is 0 Å². The summed E-state index contributed by atoms with van der Waals surface area (Å²) in [4.78, 5) is 0. The molecule has 0 atom stereocenters. The largest absolute Gasteiger partial charge is 0.392 e. The summed E-state index contributed by atoms with van der Waals surface area (Å²) in [5.74, 6) is 0. The van der Waals surface area contributed by atoms with Gasteiger partial charge in [-0.1, -0.05) is 106 Å². The van der Waals surface area contributed by atoms with E-state index in [1.54, 1.807) is 0 Å². The van der Waals surface area contributed by atoms with E-state index in [0.717, 1.165) is 32.7 Å². The van der Waals surface area contributed by atoms with E-state index in [-0.39, 0.29) is 18.6 Å². The van der Waals surface area contributed by atoms with E-state index < -0.39 is 0 Å². The molecule has 0 radical (unpaired) electrons. The van der Waals surface area contributed by atoms with Crippen LogP contribution in [0.15, 0.2) is 115 Å². The van der Waals surface area contributed by atoms with Crippen LogP contribution in [0.25, 0.3) is 76.1 Å². The Balaban J connectivity index is 1.45. The standard InChI is InChI=1S/C42H34O2/c1-42(2,3)35-20-33-12-14-36-38(31-10-8-27-16-25(23-43)4-6-29(27)18-31)22-39(37-15-13-34(21-35)40(33)41(36)37)32-11-9-28-17-26(24-44)5-7-30(28)19-32/h4-22,43-44H,23-24H2,1-3H3. The third-order valence-corrected chi connectivity index (χ3v) is 9.38. The first-order chi connectivity index (χ1) is 21.3. The Labute approximate surface area is 257 Å². The minimum atomic E-state index is 0.0417. The molecular weight excluding hydrogens is 536 g/mol. The Hall–Kier alpha value is -4.76. The molecule has 0 saturated heterocycles. The second kappa shape index (κ2) is 9.89. The highest BCUT2D eigenvalue weighted by molar-refractivity contribution is 6.28.